The van der Waals surface area contributed by atoms with Crippen molar-refractivity contribution in [3.05, 3.63) is 47.0 Å². The zero-order valence-corrected chi connectivity index (χ0v) is 17.3. The van der Waals surface area contributed by atoms with Crippen molar-refractivity contribution in [1.82, 2.24) is 30.3 Å². The van der Waals surface area contributed by atoms with E-state index < -0.39 is 23.4 Å². The van der Waals surface area contributed by atoms with Crippen molar-refractivity contribution in [3.63, 3.8) is 0 Å². The summed E-state index contributed by atoms with van der Waals surface area (Å²) in [5, 5.41) is 13.6. The van der Waals surface area contributed by atoms with Crippen molar-refractivity contribution in [2.45, 2.75) is 45.7 Å². The topological polar surface area (TPSA) is 109 Å². The molecule has 9 heteroatoms. The SMILES string of the molecule is Cc1ccc([C@@]2(C)NC(=O)N(CC(=O)NCc3nnc(C(C)C)n3C)C2=O)cc1. The van der Waals surface area contributed by atoms with Gasteiger partial charge in [0, 0.05) is 13.0 Å². The Morgan fingerprint density at radius 1 is 1.21 bits per heavy atom. The Bertz CT molecular complexity index is 950. The number of aromatic nitrogens is 3. The Labute approximate surface area is 169 Å². The second kappa shape index (κ2) is 7.65. The van der Waals surface area contributed by atoms with Gasteiger partial charge < -0.3 is 15.2 Å². The third-order valence-corrected chi connectivity index (χ3v) is 5.16. The lowest BCUT2D eigenvalue weighted by molar-refractivity contribution is -0.134. The molecule has 0 unspecified atom stereocenters. The standard InChI is InChI=1S/C20H26N6O3/c1-12(2)17-24-23-15(25(17)5)10-21-16(27)11-26-18(28)20(4,22-19(26)29)14-8-6-13(3)7-9-14/h6-9,12H,10-11H2,1-5H3,(H,21,27)(H,22,29)/t20-/m1/s1. The number of nitrogens with zero attached hydrogens (tertiary/aromatic N) is 4. The van der Waals surface area contributed by atoms with Gasteiger partial charge in [-0.1, -0.05) is 43.7 Å². The highest BCUT2D eigenvalue weighted by molar-refractivity contribution is 6.09. The zero-order valence-electron chi connectivity index (χ0n) is 17.3. The van der Waals surface area contributed by atoms with Crippen LogP contribution in [0.4, 0.5) is 4.79 Å². The summed E-state index contributed by atoms with van der Waals surface area (Å²) in [6.07, 6.45) is 0. The summed E-state index contributed by atoms with van der Waals surface area (Å²) >= 11 is 0. The van der Waals surface area contributed by atoms with E-state index >= 15 is 0 Å². The first-order chi connectivity index (χ1) is 13.6. The molecule has 154 valence electrons. The summed E-state index contributed by atoms with van der Waals surface area (Å²) in [5.74, 6) is 0.723. The molecule has 0 radical (unpaired) electrons. The average Bonchev–Trinajstić information content (AvgIpc) is 3.13. The van der Waals surface area contributed by atoms with E-state index in [0.29, 0.717) is 11.4 Å². The Balaban J connectivity index is 1.65. The Morgan fingerprint density at radius 2 is 1.86 bits per heavy atom. The van der Waals surface area contributed by atoms with E-state index in [1.54, 1.807) is 19.1 Å². The molecule has 2 aromatic rings. The summed E-state index contributed by atoms with van der Waals surface area (Å²) in [7, 11) is 1.83. The van der Waals surface area contributed by atoms with Gasteiger partial charge in [-0.25, -0.2) is 4.79 Å². The van der Waals surface area contributed by atoms with Gasteiger partial charge in [0.15, 0.2) is 5.82 Å². The molecule has 0 spiro atoms. The molecular weight excluding hydrogens is 372 g/mol. The van der Waals surface area contributed by atoms with Crippen LogP contribution in [0.15, 0.2) is 24.3 Å². The summed E-state index contributed by atoms with van der Waals surface area (Å²) in [6, 6.07) is 6.77. The summed E-state index contributed by atoms with van der Waals surface area (Å²) < 4.78 is 1.83. The maximum atomic E-state index is 12.9. The summed E-state index contributed by atoms with van der Waals surface area (Å²) in [5.41, 5.74) is 0.528. The first-order valence-corrected chi connectivity index (χ1v) is 9.49. The number of hydrogen-bond donors (Lipinski definition) is 2. The largest absolute Gasteiger partial charge is 0.347 e. The molecular formula is C20H26N6O3. The van der Waals surface area contributed by atoms with E-state index in [9.17, 15) is 14.4 Å². The van der Waals surface area contributed by atoms with Crippen LogP contribution >= 0.6 is 0 Å². The third kappa shape index (κ3) is 3.85. The lowest BCUT2D eigenvalue weighted by atomic mass is 9.91. The van der Waals surface area contributed by atoms with E-state index in [1.165, 1.54) is 0 Å². The minimum atomic E-state index is -1.19. The molecule has 3 rings (SSSR count). The van der Waals surface area contributed by atoms with Crippen LogP contribution in [0.3, 0.4) is 0 Å². The van der Waals surface area contributed by atoms with Crippen LogP contribution in [0.1, 0.15) is 49.5 Å². The van der Waals surface area contributed by atoms with Gasteiger partial charge in [0.2, 0.25) is 5.91 Å². The number of aryl methyl sites for hydroxylation is 1. The normalized spacial score (nSPS) is 19.0. The molecule has 1 saturated heterocycles. The minimum absolute atomic E-state index is 0.161. The fraction of sp³-hybridized carbons (Fsp3) is 0.450. The average molecular weight is 398 g/mol. The number of urea groups is 1. The van der Waals surface area contributed by atoms with Crippen LogP contribution in [0.2, 0.25) is 0 Å². The lowest BCUT2D eigenvalue weighted by Gasteiger charge is -2.22. The monoisotopic (exact) mass is 398 g/mol. The molecule has 1 aromatic heterocycles. The number of nitrogens with one attached hydrogen (secondary N) is 2. The van der Waals surface area contributed by atoms with Gasteiger partial charge in [-0.05, 0) is 19.4 Å². The number of hydrogen-bond acceptors (Lipinski definition) is 5. The third-order valence-electron chi connectivity index (χ3n) is 5.16. The Morgan fingerprint density at radius 3 is 2.45 bits per heavy atom. The van der Waals surface area contributed by atoms with Crippen molar-refractivity contribution < 1.29 is 14.4 Å². The second-order valence-corrected chi connectivity index (χ2v) is 7.78. The summed E-state index contributed by atoms with van der Waals surface area (Å²) in [4.78, 5) is 38.6. The molecule has 2 heterocycles. The van der Waals surface area contributed by atoms with Crippen LogP contribution in [0, 0.1) is 6.92 Å². The van der Waals surface area contributed by atoms with Gasteiger partial charge in [0.05, 0.1) is 6.54 Å². The van der Waals surface area contributed by atoms with E-state index in [2.05, 4.69) is 20.8 Å². The molecule has 1 aliphatic rings. The van der Waals surface area contributed by atoms with Crippen LogP contribution in [0.5, 0.6) is 0 Å². The molecule has 4 amide bonds. The highest BCUT2D eigenvalue weighted by atomic mass is 16.2. The van der Waals surface area contributed by atoms with E-state index in [0.717, 1.165) is 16.3 Å². The minimum Gasteiger partial charge on any atom is -0.347 e. The predicted molar refractivity (Wildman–Crippen MR) is 106 cm³/mol. The van der Waals surface area contributed by atoms with Crippen molar-refractivity contribution >= 4 is 17.8 Å². The van der Waals surface area contributed by atoms with Crippen LogP contribution < -0.4 is 10.6 Å². The van der Waals surface area contributed by atoms with Crippen LogP contribution in [0.25, 0.3) is 0 Å². The fourth-order valence-electron chi connectivity index (χ4n) is 3.33. The van der Waals surface area contributed by atoms with Gasteiger partial charge >= 0.3 is 6.03 Å². The van der Waals surface area contributed by atoms with Crippen LogP contribution in [-0.2, 0) is 28.7 Å². The maximum Gasteiger partial charge on any atom is 0.325 e. The molecule has 0 aliphatic carbocycles. The molecule has 1 aliphatic heterocycles. The maximum absolute atomic E-state index is 12.9. The Hall–Kier alpha value is -3.23. The number of amides is 4. The number of benzene rings is 1. The number of imide groups is 1. The van der Waals surface area contributed by atoms with Crippen molar-refractivity contribution in [2.24, 2.45) is 7.05 Å². The Kier molecular flexibility index (Phi) is 5.41. The van der Waals surface area contributed by atoms with Crippen molar-refractivity contribution in [2.75, 3.05) is 6.54 Å². The molecule has 2 N–H and O–H groups in total. The highest BCUT2D eigenvalue weighted by Gasteiger charge is 2.49. The molecule has 29 heavy (non-hydrogen) atoms. The first-order valence-electron chi connectivity index (χ1n) is 9.49. The van der Waals surface area contributed by atoms with E-state index in [-0.39, 0.29) is 19.0 Å². The van der Waals surface area contributed by atoms with Crippen LogP contribution in [-0.4, -0.2) is 44.1 Å². The molecule has 1 aromatic carbocycles. The molecule has 0 saturated carbocycles. The molecule has 1 atom stereocenters. The van der Waals surface area contributed by atoms with Gasteiger partial charge in [0.25, 0.3) is 5.91 Å². The van der Waals surface area contributed by atoms with Crippen molar-refractivity contribution in [1.29, 1.82) is 0 Å². The van der Waals surface area contributed by atoms with Gasteiger partial charge in [-0.15, -0.1) is 10.2 Å². The number of carbonyl (C=O) groups excluding carboxylic acids is 3. The summed E-state index contributed by atoms with van der Waals surface area (Å²) in [6.45, 7) is 7.40. The number of rotatable bonds is 6. The fourth-order valence-corrected chi connectivity index (χ4v) is 3.33. The first kappa shape index (κ1) is 20.5. The lowest BCUT2D eigenvalue weighted by Crippen LogP contribution is -2.43. The van der Waals surface area contributed by atoms with E-state index in [1.807, 2.05) is 44.5 Å². The zero-order chi connectivity index (χ0) is 21.3. The predicted octanol–water partition coefficient (Wildman–Crippen LogP) is 1.33. The van der Waals surface area contributed by atoms with E-state index in [4.69, 9.17) is 0 Å². The molecule has 1 fully saturated rings. The molecule has 0 bridgehead atoms. The second-order valence-electron chi connectivity index (χ2n) is 7.78. The number of carbonyl (C=O) groups is 3. The highest BCUT2D eigenvalue weighted by Crippen LogP contribution is 2.28. The van der Waals surface area contributed by atoms with Crippen molar-refractivity contribution in [3.8, 4) is 0 Å². The smallest absolute Gasteiger partial charge is 0.325 e. The van der Waals surface area contributed by atoms with Gasteiger partial charge in [-0.3, -0.25) is 14.5 Å². The quantitative estimate of drug-likeness (QED) is 0.714. The van der Waals surface area contributed by atoms with Gasteiger partial charge in [-0.2, -0.15) is 0 Å². The molecule has 9 nitrogen and oxygen atoms in total. The van der Waals surface area contributed by atoms with Gasteiger partial charge in [0.1, 0.15) is 17.9 Å².